The molecule has 0 bridgehead atoms. The van der Waals surface area contributed by atoms with E-state index in [9.17, 15) is 9.59 Å². The molecule has 0 atom stereocenters. The van der Waals surface area contributed by atoms with Crippen molar-refractivity contribution >= 4 is 29.1 Å². The van der Waals surface area contributed by atoms with E-state index in [4.69, 9.17) is 16.3 Å². The van der Waals surface area contributed by atoms with E-state index in [1.54, 1.807) is 55.6 Å². The van der Waals surface area contributed by atoms with Crippen molar-refractivity contribution in [3.05, 3.63) is 75.5 Å². The summed E-state index contributed by atoms with van der Waals surface area (Å²) in [6.07, 6.45) is 0. The Balaban J connectivity index is 1.70. The number of benzene rings is 2. The van der Waals surface area contributed by atoms with Gasteiger partial charge in [0.1, 0.15) is 11.6 Å². The number of rotatable bonds is 4. The van der Waals surface area contributed by atoms with Crippen molar-refractivity contribution in [1.82, 2.24) is 19.6 Å². The highest BCUT2D eigenvalue weighted by Gasteiger charge is 2.14. The number of fused-ring (bicyclic) bond motifs is 1. The highest BCUT2D eigenvalue weighted by atomic mass is 35.5. The number of amides is 1. The molecule has 2 N–H and O–H groups in total. The minimum absolute atomic E-state index is 0.201. The molecule has 4 aromatic rings. The van der Waals surface area contributed by atoms with Crippen LogP contribution in [-0.2, 0) is 0 Å². The van der Waals surface area contributed by atoms with Gasteiger partial charge in [0.25, 0.3) is 11.5 Å². The maximum absolute atomic E-state index is 12.5. The second-order valence-electron chi connectivity index (χ2n) is 5.88. The lowest BCUT2D eigenvalue weighted by atomic mass is 10.2. The summed E-state index contributed by atoms with van der Waals surface area (Å²) in [6.45, 7) is 0. The molecule has 2 aromatic heterocycles. The average molecular weight is 396 g/mol. The minimum atomic E-state index is -0.410. The molecule has 8 nitrogen and oxygen atoms in total. The second kappa shape index (κ2) is 7.16. The van der Waals surface area contributed by atoms with Crippen LogP contribution < -0.4 is 15.6 Å². The largest absolute Gasteiger partial charge is 0.497 e. The number of nitrogens with zero attached hydrogens (tertiary/aromatic N) is 3. The molecule has 4 rings (SSSR count). The first kappa shape index (κ1) is 17.7. The van der Waals surface area contributed by atoms with Gasteiger partial charge in [-0.1, -0.05) is 11.6 Å². The van der Waals surface area contributed by atoms with Gasteiger partial charge in [-0.15, -0.1) is 5.10 Å². The van der Waals surface area contributed by atoms with E-state index in [-0.39, 0.29) is 11.6 Å². The maximum Gasteiger partial charge on any atom is 0.256 e. The molecule has 28 heavy (non-hydrogen) atoms. The molecule has 0 aliphatic heterocycles. The van der Waals surface area contributed by atoms with Gasteiger partial charge in [0.2, 0.25) is 5.78 Å². The molecule has 0 fully saturated rings. The predicted molar refractivity (Wildman–Crippen MR) is 105 cm³/mol. The second-order valence-corrected chi connectivity index (χ2v) is 6.32. The van der Waals surface area contributed by atoms with Crippen molar-refractivity contribution in [2.75, 3.05) is 12.4 Å². The lowest BCUT2D eigenvalue weighted by Crippen LogP contribution is -2.18. The summed E-state index contributed by atoms with van der Waals surface area (Å²) in [5.74, 6) is 1.05. The van der Waals surface area contributed by atoms with E-state index in [1.807, 2.05) is 0 Å². The molecule has 0 unspecified atom stereocenters. The van der Waals surface area contributed by atoms with Crippen LogP contribution in [0.15, 0.2) is 59.4 Å². The Hall–Kier alpha value is -3.65. The Bertz CT molecular complexity index is 1210. The molecule has 2 aromatic carbocycles. The monoisotopic (exact) mass is 395 g/mol. The Labute approximate surface area is 163 Å². The molecular weight excluding hydrogens is 382 g/mol. The van der Waals surface area contributed by atoms with Gasteiger partial charge < -0.3 is 10.1 Å². The molecule has 1 amide bonds. The van der Waals surface area contributed by atoms with Crippen molar-refractivity contribution in [2.45, 2.75) is 0 Å². The van der Waals surface area contributed by atoms with Gasteiger partial charge in [0.05, 0.1) is 7.11 Å². The zero-order chi connectivity index (χ0) is 19.7. The summed E-state index contributed by atoms with van der Waals surface area (Å²) in [5.41, 5.74) is 0.723. The number of hydrogen-bond donors (Lipinski definition) is 2. The molecule has 0 radical (unpaired) electrons. The molecule has 0 aliphatic carbocycles. The molecule has 9 heteroatoms. The number of anilines is 1. The summed E-state index contributed by atoms with van der Waals surface area (Å²) >= 11 is 5.91. The highest BCUT2D eigenvalue weighted by Crippen LogP contribution is 2.20. The van der Waals surface area contributed by atoms with E-state index in [0.29, 0.717) is 22.2 Å². The first-order valence-electron chi connectivity index (χ1n) is 8.25. The Morgan fingerprint density at radius 3 is 2.54 bits per heavy atom. The zero-order valence-corrected chi connectivity index (χ0v) is 15.4. The maximum atomic E-state index is 12.5. The van der Waals surface area contributed by atoms with Gasteiger partial charge in [0.15, 0.2) is 5.82 Å². The third-order valence-electron chi connectivity index (χ3n) is 4.03. The summed E-state index contributed by atoms with van der Waals surface area (Å²) < 4.78 is 6.45. The summed E-state index contributed by atoms with van der Waals surface area (Å²) in [7, 11) is 1.55. The van der Waals surface area contributed by atoms with E-state index < -0.39 is 11.5 Å². The molecule has 2 heterocycles. The number of aromatic nitrogens is 4. The zero-order valence-electron chi connectivity index (χ0n) is 14.6. The normalized spacial score (nSPS) is 10.8. The van der Waals surface area contributed by atoms with Crippen LogP contribution in [0.4, 0.5) is 5.82 Å². The lowest BCUT2D eigenvalue weighted by Gasteiger charge is -2.07. The van der Waals surface area contributed by atoms with Crippen molar-refractivity contribution < 1.29 is 9.53 Å². The lowest BCUT2D eigenvalue weighted by molar-refractivity contribution is 0.102. The van der Waals surface area contributed by atoms with Crippen LogP contribution in [0.2, 0.25) is 5.02 Å². The van der Waals surface area contributed by atoms with Crippen molar-refractivity contribution in [2.24, 2.45) is 0 Å². The third-order valence-corrected chi connectivity index (χ3v) is 4.29. The van der Waals surface area contributed by atoms with Gasteiger partial charge in [-0.3, -0.25) is 14.6 Å². The molecule has 0 aliphatic rings. The van der Waals surface area contributed by atoms with Gasteiger partial charge in [0, 0.05) is 22.2 Å². The Morgan fingerprint density at radius 2 is 1.86 bits per heavy atom. The third kappa shape index (κ3) is 3.45. The van der Waals surface area contributed by atoms with Crippen LogP contribution in [0.1, 0.15) is 10.4 Å². The van der Waals surface area contributed by atoms with Crippen LogP contribution >= 0.6 is 11.6 Å². The number of halogens is 1. The van der Waals surface area contributed by atoms with Crippen molar-refractivity contribution in [3.8, 4) is 17.1 Å². The fraction of sp³-hybridized carbons (Fsp3) is 0.0526. The van der Waals surface area contributed by atoms with Gasteiger partial charge in [-0.25, -0.2) is 0 Å². The fourth-order valence-electron chi connectivity index (χ4n) is 2.63. The number of hydrogen-bond acceptors (Lipinski definition) is 5. The number of H-pyrrole nitrogens is 1. The number of carbonyl (C=O) groups excluding carboxylic acids is 1. The van der Waals surface area contributed by atoms with E-state index in [2.05, 4.69) is 20.4 Å². The highest BCUT2D eigenvalue weighted by molar-refractivity contribution is 6.30. The Kier molecular flexibility index (Phi) is 4.54. The molecule has 140 valence electrons. The number of carbonyl (C=O) groups is 1. The first-order chi connectivity index (χ1) is 13.5. The minimum Gasteiger partial charge on any atom is -0.497 e. The van der Waals surface area contributed by atoms with Crippen LogP contribution in [0, 0.1) is 0 Å². The van der Waals surface area contributed by atoms with Crippen LogP contribution in [-0.4, -0.2) is 32.6 Å². The van der Waals surface area contributed by atoms with E-state index in [0.717, 1.165) is 5.56 Å². The summed E-state index contributed by atoms with van der Waals surface area (Å²) in [5, 5.41) is 7.67. The number of nitrogens with one attached hydrogen (secondary N) is 2. The SMILES string of the molecule is COc1ccc(C(=O)Nc2cc(=O)[nH]c3nc(-c4ccc(Cl)cc4)nn23)cc1. The first-order valence-corrected chi connectivity index (χ1v) is 8.63. The van der Waals surface area contributed by atoms with Gasteiger partial charge in [-0.05, 0) is 48.5 Å². The Morgan fingerprint density at radius 1 is 1.14 bits per heavy atom. The van der Waals surface area contributed by atoms with Crippen LogP contribution in [0.25, 0.3) is 17.2 Å². The van der Waals surface area contributed by atoms with Crippen LogP contribution in [0.5, 0.6) is 5.75 Å². The smallest absolute Gasteiger partial charge is 0.256 e. The van der Waals surface area contributed by atoms with Crippen molar-refractivity contribution in [1.29, 1.82) is 0 Å². The van der Waals surface area contributed by atoms with E-state index in [1.165, 1.54) is 10.6 Å². The molecule has 0 spiro atoms. The molecule has 0 saturated heterocycles. The molecular formula is C19H14ClN5O3. The predicted octanol–water partition coefficient (Wildman–Crippen LogP) is 3.00. The fourth-order valence-corrected chi connectivity index (χ4v) is 2.76. The van der Waals surface area contributed by atoms with Gasteiger partial charge >= 0.3 is 0 Å². The standard InChI is InChI=1S/C19H14ClN5O3/c1-28-14-8-4-12(5-9-14)18(27)21-15-10-16(26)22-19-23-17(24-25(15)19)11-2-6-13(20)7-3-11/h2-10H,1H3,(H,21,27)(H,22,23,24,26). The number of methoxy groups -OCH3 is 1. The van der Waals surface area contributed by atoms with Crippen molar-refractivity contribution in [3.63, 3.8) is 0 Å². The quantitative estimate of drug-likeness (QED) is 0.553. The average Bonchev–Trinajstić information content (AvgIpc) is 3.12. The number of ether oxygens (including phenoxy) is 1. The summed E-state index contributed by atoms with van der Waals surface area (Å²) in [4.78, 5) is 31.4. The summed E-state index contributed by atoms with van der Waals surface area (Å²) in [6, 6.07) is 14.8. The molecule has 0 saturated carbocycles. The topological polar surface area (TPSA) is 101 Å². The van der Waals surface area contributed by atoms with E-state index >= 15 is 0 Å². The van der Waals surface area contributed by atoms with Crippen LogP contribution in [0.3, 0.4) is 0 Å². The van der Waals surface area contributed by atoms with Gasteiger partial charge in [-0.2, -0.15) is 9.50 Å². The number of aromatic amines is 1.